The topological polar surface area (TPSA) is 12.9 Å². The molecule has 0 atom stereocenters. The normalized spacial score (nSPS) is 10.8. The minimum atomic E-state index is 0.941. The molecule has 1 heteroatoms. The highest BCUT2D eigenvalue weighted by Crippen LogP contribution is 2.17. The van der Waals surface area contributed by atoms with Crippen LogP contribution in [0.5, 0.6) is 0 Å². The summed E-state index contributed by atoms with van der Waals surface area (Å²) in [5, 5.41) is 0. The van der Waals surface area contributed by atoms with Gasteiger partial charge in [0.05, 0.1) is 0 Å². The van der Waals surface area contributed by atoms with Crippen LogP contribution in [0.25, 0.3) is 0 Å². The number of rotatable bonds is 4. The number of benzene rings is 2. The Balaban J connectivity index is 1.81. The third-order valence-electron chi connectivity index (χ3n) is 4.23. The van der Waals surface area contributed by atoms with E-state index in [1.807, 2.05) is 12.4 Å². The molecule has 0 unspecified atom stereocenters. The van der Waals surface area contributed by atoms with E-state index in [0.29, 0.717) is 0 Å². The summed E-state index contributed by atoms with van der Waals surface area (Å²) in [6.07, 6.45) is 5.86. The Labute approximate surface area is 145 Å². The smallest absolute Gasteiger partial charge is 0.0303 e. The zero-order valence-corrected chi connectivity index (χ0v) is 15.1. The number of pyridine rings is 1. The summed E-state index contributed by atoms with van der Waals surface area (Å²) in [6.45, 7) is 8.63. The minimum Gasteiger partial charge on any atom is -0.264 e. The van der Waals surface area contributed by atoms with Crippen molar-refractivity contribution in [2.75, 3.05) is 0 Å². The molecule has 0 amide bonds. The SMILES string of the molecule is Cc1cc(C)cc(Cc2cncc(Cc3cc(C)cc(C)c3)c2)c1. The molecule has 0 radical (unpaired) electrons. The Kier molecular flexibility index (Phi) is 4.80. The van der Waals surface area contributed by atoms with Crippen molar-refractivity contribution >= 4 is 0 Å². The van der Waals surface area contributed by atoms with Crippen molar-refractivity contribution in [3.05, 3.63) is 99.4 Å². The van der Waals surface area contributed by atoms with Gasteiger partial charge in [0.1, 0.15) is 0 Å². The molecular formula is C23H25N. The largest absolute Gasteiger partial charge is 0.264 e. The number of nitrogens with zero attached hydrogens (tertiary/aromatic N) is 1. The summed E-state index contributed by atoms with van der Waals surface area (Å²) < 4.78 is 0. The highest BCUT2D eigenvalue weighted by atomic mass is 14.6. The summed E-state index contributed by atoms with van der Waals surface area (Å²) in [5.41, 5.74) is 10.6. The van der Waals surface area contributed by atoms with Gasteiger partial charge in [0.15, 0.2) is 0 Å². The Bertz CT molecular complexity index is 752. The van der Waals surface area contributed by atoms with Crippen molar-refractivity contribution in [2.45, 2.75) is 40.5 Å². The predicted molar refractivity (Wildman–Crippen MR) is 102 cm³/mol. The van der Waals surface area contributed by atoms with Crippen LogP contribution >= 0.6 is 0 Å². The van der Waals surface area contributed by atoms with Gasteiger partial charge in [-0.3, -0.25) is 4.98 Å². The fourth-order valence-corrected chi connectivity index (χ4v) is 3.55. The molecule has 0 saturated carbocycles. The first-order valence-electron chi connectivity index (χ1n) is 8.55. The van der Waals surface area contributed by atoms with Crippen LogP contribution in [0.15, 0.2) is 54.9 Å². The van der Waals surface area contributed by atoms with E-state index in [2.05, 4.69) is 75.1 Å². The molecule has 0 bridgehead atoms. The van der Waals surface area contributed by atoms with Crippen LogP contribution in [0.2, 0.25) is 0 Å². The molecule has 3 aromatic rings. The summed E-state index contributed by atoms with van der Waals surface area (Å²) in [4.78, 5) is 4.47. The van der Waals surface area contributed by atoms with Crippen LogP contribution in [0.4, 0.5) is 0 Å². The Morgan fingerprint density at radius 2 is 0.875 bits per heavy atom. The van der Waals surface area contributed by atoms with E-state index in [1.54, 1.807) is 0 Å². The van der Waals surface area contributed by atoms with E-state index in [0.717, 1.165) is 12.8 Å². The second-order valence-corrected chi connectivity index (χ2v) is 7.05. The number of hydrogen-bond donors (Lipinski definition) is 0. The molecular weight excluding hydrogens is 290 g/mol. The van der Waals surface area contributed by atoms with E-state index in [1.165, 1.54) is 44.5 Å². The van der Waals surface area contributed by atoms with Gasteiger partial charge in [-0.05, 0) is 62.8 Å². The van der Waals surface area contributed by atoms with Gasteiger partial charge in [-0.15, -0.1) is 0 Å². The maximum absolute atomic E-state index is 4.47. The van der Waals surface area contributed by atoms with E-state index in [-0.39, 0.29) is 0 Å². The van der Waals surface area contributed by atoms with Gasteiger partial charge in [0.2, 0.25) is 0 Å². The molecule has 0 aliphatic heterocycles. The van der Waals surface area contributed by atoms with Gasteiger partial charge in [-0.25, -0.2) is 0 Å². The lowest BCUT2D eigenvalue weighted by Crippen LogP contribution is -1.96. The zero-order chi connectivity index (χ0) is 17.1. The number of aromatic nitrogens is 1. The van der Waals surface area contributed by atoms with Crippen LogP contribution < -0.4 is 0 Å². The van der Waals surface area contributed by atoms with Gasteiger partial charge >= 0.3 is 0 Å². The summed E-state index contributed by atoms with van der Waals surface area (Å²) in [5.74, 6) is 0. The molecule has 122 valence electrons. The van der Waals surface area contributed by atoms with Gasteiger partial charge in [0.25, 0.3) is 0 Å². The Hall–Kier alpha value is -2.41. The van der Waals surface area contributed by atoms with E-state index in [9.17, 15) is 0 Å². The second kappa shape index (κ2) is 7.00. The van der Waals surface area contributed by atoms with Crippen molar-refractivity contribution < 1.29 is 0 Å². The van der Waals surface area contributed by atoms with Crippen LogP contribution in [-0.2, 0) is 12.8 Å². The van der Waals surface area contributed by atoms with Gasteiger partial charge in [-0.2, -0.15) is 0 Å². The van der Waals surface area contributed by atoms with Crippen LogP contribution in [0.1, 0.15) is 44.5 Å². The van der Waals surface area contributed by atoms with E-state index in [4.69, 9.17) is 0 Å². The zero-order valence-electron chi connectivity index (χ0n) is 15.1. The van der Waals surface area contributed by atoms with E-state index >= 15 is 0 Å². The third-order valence-corrected chi connectivity index (χ3v) is 4.23. The van der Waals surface area contributed by atoms with Crippen LogP contribution in [0.3, 0.4) is 0 Å². The quantitative estimate of drug-likeness (QED) is 0.620. The molecule has 24 heavy (non-hydrogen) atoms. The summed E-state index contributed by atoms with van der Waals surface area (Å²) in [6, 6.07) is 15.8. The van der Waals surface area contributed by atoms with Crippen molar-refractivity contribution in [1.29, 1.82) is 0 Å². The average molecular weight is 315 g/mol. The van der Waals surface area contributed by atoms with Crippen LogP contribution in [0, 0.1) is 27.7 Å². The minimum absolute atomic E-state index is 0.941. The Morgan fingerprint density at radius 3 is 1.25 bits per heavy atom. The number of hydrogen-bond acceptors (Lipinski definition) is 1. The number of aryl methyl sites for hydroxylation is 4. The summed E-state index contributed by atoms with van der Waals surface area (Å²) >= 11 is 0. The molecule has 2 aromatic carbocycles. The van der Waals surface area contributed by atoms with Crippen molar-refractivity contribution in [2.24, 2.45) is 0 Å². The lowest BCUT2D eigenvalue weighted by atomic mass is 9.98. The molecule has 0 N–H and O–H groups in total. The first-order chi connectivity index (χ1) is 11.5. The maximum atomic E-state index is 4.47. The monoisotopic (exact) mass is 315 g/mol. The molecule has 1 heterocycles. The molecule has 3 rings (SSSR count). The summed E-state index contributed by atoms with van der Waals surface area (Å²) in [7, 11) is 0. The first kappa shape index (κ1) is 16.4. The van der Waals surface area contributed by atoms with Gasteiger partial charge < -0.3 is 0 Å². The van der Waals surface area contributed by atoms with Gasteiger partial charge in [0, 0.05) is 12.4 Å². The molecule has 0 saturated heterocycles. The predicted octanol–water partition coefficient (Wildman–Crippen LogP) is 5.50. The molecule has 1 aromatic heterocycles. The lowest BCUT2D eigenvalue weighted by Gasteiger charge is -2.08. The van der Waals surface area contributed by atoms with Gasteiger partial charge in [-0.1, -0.05) is 64.7 Å². The average Bonchev–Trinajstić information content (AvgIpc) is 2.45. The second-order valence-electron chi connectivity index (χ2n) is 7.05. The highest BCUT2D eigenvalue weighted by molar-refractivity contribution is 5.35. The standard InChI is InChI=1S/C23H25N/c1-16-5-17(2)8-20(7-16)11-22-13-23(15-24-14-22)12-21-9-18(3)6-19(4)10-21/h5-10,13-15H,11-12H2,1-4H3. The fraction of sp³-hybridized carbons (Fsp3) is 0.261. The molecule has 0 aliphatic rings. The molecule has 1 nitrogen and oxygen atoms in total. The Morgan fingerprint density at radius 1 is 0.500 bits per heavy atom. The highest BCUT2D eigenvalue weighted by Gasteiger charge is 2.03. The lowest BCUT2D eigenvalue weighted by molar-refractivity contribution is 1.08. The maximum Gasteiger partial charge on any atom is 0.0303 e. The van der Waals surface area contributed by atoms with Crippen molar-refractivity contribution in [3.63, 3.8) is 0 Å². The van der Waals surface area contributed by atoms with E-state index < -0.39 is 0 Å². The van der Waals surface area contributed by atoms with Crippen LogP contribution in [-0.4, -0.2) is 4.98 Å². The van der Waals surface area contributed by atoms with Crippen molar-refractivity contribution in [3.8, 4) is 0 Å². The third kappa shape index (κ3) is 4.32. The fourth-order valence-electron chi connectivity index (χ4n) is 3.55. The molecule has 0 spiro atoms. The van der Waals surface area contributed by atoms with Crippen molar-refractivity contribution in [1.82, 2.24) is 4.98 Å². The molecule has 0 fully saturated rings. The first-order valence-corrected chi connectivity index (χ1v) is 8.55. The molecule has 0 aliphatic carbocycles.